The third-order valence-corrected chi connectivity index (χ3v) is 4.35. The molecule has 126 valence electrons. The van der Waals surface area contributed by atoms with E-state index in [4.69, 9.17) is 0 Å². The molecule has 0 aromatic heterocycles. The number of nitrogens with zero attached hydrogens (tertiary/aromatic N) is 2. The Morgan fingerprint density at radius 2 is 1.46 bits per heavy atom. The number of amides is 1. The van der Waals surface area contributed by atoms with E-state index in [2.05, 4.69) is 45.4 Å². The molecule has 0 atom stereocenters. The third kappa shape index (κ3) is 5.18. The van der Waals surface area contributed by atoms with Crippen molar-refractivity contribution in [2.45, 2.75) is 13.0 Å². The summed E-state index contributed by atoms with van der Waals surface area (Å²) in [7, 11) is 0. The SMILES string of the molecule is O=C(CN1CCCN(Cc2ccccc2)CC1)Nc1ccccc1. The average molecular weight is 323 g/mol. The summed E-state index contributed by atoms with van der Waals surface area (Å²) in [6.07, 6.45) is 1.10. The second-order valence-electron chi connectivity index (χ2n) is 6.31. The van der Waals surface area contributed by atoms with Gasteiger partial charge in [-0.1, -0.05) is 48.5 Å². The molecule has 2 aromatic carbocycles. The van der Waals surface area contributed by atoms with E-state index in [1.807, 2.05) is 30.3 Å². The Morgan fingerprint density at radius 3 is 2.21 bits per heavy atom. The molecular formula is C20H25N3O. The molecule has 1 amide bonds. The highest BCUT2D eigenvalue weighted by Crippen LogP contribution is 2.10. The molecule has 1 aliphatic heterocycles. The predicted molar refractivity (Wildman–Crippen MR) is 97.8 cm³/mol. The number of hydrogen-bond donors (Lipinski definition) is 1. The first-order valence-corrected chi connectivity index (χ1v) is 8.63. The molecule has 1 aliphatic rings. The Bertz CT molecular complexity index is 630. The van der Waals surface area contributed by atoms with Crippen LogP contribution < -0.4 is 5.32 Å². The van der Waals surface area contributed by atoms with Crippen molar-refractivity contribution in [3.63, 3.8) is 0 Å². The summed E-state index contributed by atoms with van der Waals surface area (Å²) in [6, 6.07) is 20.2. The zero-order valence-corrected chi connectivity index (χ0v) is 14.0. The highest BCUT2D eigenvalue weighted by Gasteiger charge is 2.17. The van der Waals surface area contributed by atoms with Crippen LogP contribution in [0.5, 0.6) is 0 Å². The van der Waals surface area contributed by atoms with Crippen LogP contribution in [0.2, 0.25) is 0 Å². The molecule has 4 nitrogen and oxygen atoms in total. The molecule has 0 unspecified atom stereocenters. The van der Waals surface area contributed by atoms with E-state index in [9.17, 15) is 4.79 Å². The molecule has 0 bridgehead atoms. The number of hydrogen-bond acceptors (Lipinski definition) is 3. The van der Waals surface area contributed by atoms with E-state index in [-0.39, 0.29) is 5.91 Å². The summed E-state index contributed by atoms with van der Waals surface area (Å²) in [5.74, 6) is 0.0673. The van der Waals surface area contributed by atoms with Gasteiger partial charge in [0.25, 0.3) is 0 Å². The van der Waals surface area contributed by atoms with Crippen LogP contribution in [0.4, 0.5) is 5.69 Å². The lowest BCUT2D eigenvalue weighted by Crippen LogP contribution is -2.36. The van der Waals surface area contributed by atoms with Crippen molar-refractivity contribution in [3.8, 4) is 0 Å². The Kier molecular flexibility index (Phi) is 5.99. The lowest BCUT2D eigenvalue weighted by atomic mass is 10.2. The fraction of sp³-hybridized carbons (Fsp3) is 0.350. The molecular weight excluding hydrogens is 298 g/mol. The van der Waals surface area contributed by atoms with Crippen molar-refractivity contribution in [1.29, 1.82) is 0 Å². The average Bonchev–Trinajstić information content (AvgIpc) is 2.82. The number of nitrogens with one attached hydrogen (secondary N) is 1. The number of carbonyl (C=O) groups excluding carboxylic acids is 1. The minimum absolute atomic E-state index is 0.0673. The molecule has 1 N–H and O–H groups in total. The number of benzene rings is 2. The lowest BCUT2D eigenvalue weighted by molar-refractivity contribution is -0.117. The topological polar surface area (TPSA) is 35.6 Å². The largest absolute Gasteiger partial charge is 0.325 e. The van der Waals surface area contributed by atoms with Crippen molar-refractivity contribution in [3.05, 3.63) is 66.2 Å². The lowest BCUT2D eigenvalue weighted by Gasteiger charge is -2.21. The van der Waals surface area contributed by atoms with Gasteiger partial charge in [0, 0.05) is 25.3 Å². The van der Waals surface area contributed by atoms with Crippen molar-refractivity contribution in [2.75, 3.05) is 38.0 Å². The first kappa shape index (κ1) is 16.7. The predicted octanol–water partition coefficient (Wildman–Crippen LogP) is 2.83. The minimum atomic E-state index is 0.0673. The van der Waals surface area contributed by atoms with Gasteiger partial charge in [-0.25, -0.2) is 0 Å². The summed E-state index contributed by atoms with van der Waals surface area (Å²) in [5.41, 5.74) is 2.22. The second kappa shape index (κ2) is 8.62. The van der Waals surface area contributed by atoms with Crippen LogP contribution in [0.3, 0.4) is 0 Å². The van der Waals surface area contributed by atoms with Gasteiger partial charge >= 0.3 is 0 Å². The van der Waals surface area contributed by atoms with E-state index >= 15 is 0 Å². The summed E-state index contributed by atoms with van der Waals surface area (Å²) in [6.45, 7) is 5.47. The van der Waals surface area contributed by atoms with Crippen molar-refractivity contribution in [1.82, 2.24) is 9.80 Å². The molecule has 3 rings (SSSR count). The van der Waals surface area contributed by atoms with Crippen LogP contribution in [-0.4, -0.2) is 48.4 Å². The van der Waals surface area contributed by atoms with Gasteiger partial charge in [-0.3, -0.25) is 14.6 Å². The maximum Gasteiger partial charge on any atom is 0.238 e. The summed E-state index contributed by atoms with van der Waals surface area (Å²) >= 11 is 0. The highest BCUT2D eigenvalue weighted by molar-refractivity contribution is 5.92. The molecule has 0 radical (unpaired) electrons. The van der Waals surface area contributed by atoms with E-state index in [0.29, 0.717) is 6.54 Å². The molecule has 1 fully saturated rings. The molecule has 24 heavy (non-hydrogen) atoms. The monoisotopic (exact) mass is 323 g/mol. The maximum atomic E-state index is 12.2. The van der Waals surface area contributed by atoms with Crippen molar-refractivity contribution in [2.24, 2.45) is 0 Å². The number of para-hydroxylation sites is 1. The molecule has 0 saturated carbocycles. The zero-order chi connectivity index (χ0) is 16.6. The van der Waals surface area contributed by atoms with Gasteiger partial charge in [0.1, 0.15) is 0 Å². The molecule has 0 aliphatic carbocycles. The van der Waals surface area contributed by atoms with Crippen LogP contribution >= 0.6 is 0 Å². The van der Waals surface area contributed by atoms with Crippen molar-refractivity contribution >= 4 is 11.6 Å². The fourth-order valence-electron chi connectivity index (χ4n) is 3.11. The Labute approximate surface area is 144 Å². The van der Waals surface area contributed by atoms with E-state index in [0.717, 1.165) is 44.8 Å². The van der Waals surface area contributed by atoms with Gasteiger partial charge in [0.2, 0.25) is 5.91 Å². The summed E-state index contributed by atoms with van der Waals surface area (Å²) in [5, 5.41) is 2.97. The number of carbonyl (C=O) groups is 1. The van der Waals surface area contributed by atoms with Crippen LogP contribution in [0, 0.1) is 0 Å². The van der Waals surface area contributed by atoms with Gasteiger partial charge in [-0.15, -0.1) is 0 Å². The highest BCUT2D eigenvalue weighted by atomic mass is 16.2. The first-order chi connectivity index (χ1) is 11.8. The smallest absolute Gasteiger partial charge is 0.238 e. The van der Waals surface area contributed by atoms with Crippen LogP contribution in [0.15, 0.2) is 60.7 Å². The minimum Gasteiger partial charge on any atom is -0.325 e. The molecule has 2 aromatic rings. The molecule has 0 spiro atoms. The van der Waals surface area contributed by atoms with Crippen LogP contribution in [0.25, 0.3) is 0 Å². The second-order valence-corrected chi connectivity index (χ2v) is 6.31. The van der Waals surface area contributed by atoms with Crippen LogP contribution in [0.1, 0.15) is 12.0 Å². The quantitative estimate of drug-likeness (QED) is 0.919. The van der Waals surface area contributed by atoms with Gasteiger partial charge in [-0.05, 0) is 37.2 Å². The Balaban J connectivity index is 1.46. The first-order valence-electron chi connectivity index (χ1n) is 8.63. The maximum absolute atomic E-state index is 12.2. The van der Waals surface area contributed by atoms with Crippen LogP contribution in [-0.2, 0) is 11.3 Å². The number of rotatable bonds is 5. The Morgan fingerprint density at radius 1 is 0.833 bits per heavy atom. The normalized spacial score (nSPS) is 16.5. The number of anilines is 1. The zero-order valence-electron chi connectivity index (χ0n) is 14.0. The van der Waals surface area contributed by atoms with Gasteiger partial charge < -0.3 is 5.32 Å². The van der Waals surface area contributed by atoms with Gasteiger partial charge in [0.05, 0.1) is 6.54 Å². The van der Waals surface area contributed by atoms with Gasteiger partial charge in [0.15, 0.2) is 0 Å². The van der Waals surface area contributed by atoms with Gasteiger partial charge in [-0.2, -0.15) is 0 Å². The molecule has 1 saturated heterocycles. The van der Waals surface area contributed by atoms with E-state index in [1.54, 1.807) is 0 Å². The van der Waals surface area contributed by atoms with E-state index in [1.165, 1.54) is 5.56 Å². The summed E-state index contributed by atoms with van der Waals surface area (Å²) in [4.78, 5) is 16.9. The third-order valence-electron chi connectivity index (χ3n) is 4.35. The summed E-state index contributed by atoms with van der Waals surface area (Å²) < 4.78 is 0. The molecule has 4 heteroatoms. The van der Waals surface area contributed by atoms with Crippen molar-refractivity contribution < 1.29 is 4.79 Å². The standard InChI is InChI=1S/C20H25N3O/c24-20(21-19-10-5-2-6-11-19)17-23-13-7-12-22(14-15-23)16-18-8-3-1-4-9-18/h1-6,8-11H,7,12-17H2,(H,21,24). The Hall–Kier alpha value is -2.17. The van der Waals surface area contributed by atoms with E-state index < -0.39 is 0 Å². The molecule has 1 heterocycles. The fourth-order valence-corrected chi connectivity index (χ4v) is 3.11.